The molecule has 0 saturated carbocycles. The average molecular weight is 356 g/mol. The zero-order valence-corrected chi connectivity index (χ0v) is 13.5. The number of hydrogen-bond donors (Lipinski definition) is 4. The molecule has 0 aromatic rings. The Morgan fingerprint density at radius 3 is 0.667 bits per heavy atom. The summed E-state index contributed by atoms with van der Waals surface area (Å²) in [4.78, 5) is 0. The molecule has 0 spiro atoms. The van der Waals surface area contributed by atoms with Crippen molar-refractivity contribution in [2.75, 3.05) is 0 Å². The van der Waals surface area contributed by atoms with E-state index in [1.54, 1.807) is 0 Å². The molecule has 0 heterocycles. The van der Waals surface area contributed by atoms with Crippen LogP contribution in [0.4, 0.5) is 0 Å². The predicted octanol–water partition coefficient (Wildman–Crippen LogP) is -4.23. The molecule has 0 atom stereocenters. The summed E-state index contributed by atoms with van der Waals surface area (Å²) in [6.07, 6.45) is 0. The van der Waals surface area contributed by atoms with Gasteiger partial charge in [-0.1, -0.05) is 0 Å². The van der Waals surface area contributed by atoms with Gasteiger partial charge < -0.3 is 0 Å². The first kappa shape index (κ1) is 23.8. The molecule has 12 heteroatoms. The maximum absolute atomic E-state index is 8.82. The smallest absolute Gasteiger partial charge is 0 e. The first-order chi connectivity index (χ1) is 4.00. The van der Waals surface area contributed by atoms with Crippen LogP contribution in [-0.4, -0.2) is 112 Å². The van der Waals surface area contributed by atoms with E-state index in [0.717, 1.165) is 0 Å². The average Bonchev–Trinajstić information content (AvgIpc) is 1.12. The molecule has 0 bridgehead atoms. The van der Waals surface area contributed by atoms with E-state index >= 15 is 0 Å². The van der Waals surface area contributed by atoms with Crippen LogP contribution in [0.2, 0.25) is 0 Å². The summed E-state index contributed by atoms with van der Waals surface area (Å²) in [6.45, 7) is 0. The minimum atomic E-state index is -5.25. The van der Waals surface area contributed by atoms with Crippen molar-refractivity contribution in [1.82, 2.24) is 0 Å². The van der Waals surface area contributed by atoms with Crippen LogP contribution in [-0.2, 0) is 15.3 Å². The van der Waals surface area contributed by atoms with E-state index in [1.165, 1.54) is 0 Å². The van der Waals surface area contributed by atoms with E-state index in [1.807, 2.05) is 0 Å². The van der Waals surface area contributed by atoms with Crippen molar-refractivity contribution < 1.29 is 32.1 Å². The molecule has 0 aliphatic heterocycles. The third-order valence-electron chi connectivity index (χ3n) is 0. The maximum Gasteiger partial charge on any atom is 0 e. The summed E-state index contributed by atoms with van der Waals surface area (Å²) < 4.78 is 63.8. The van der Waals surface area contributed by atoms with Gasteiger partial charge in [-0.25, -0.2) is 0 Å². The van der Waals surface area contributed by atoms with E-state index in [9.17, 15) is 0 Å². The van der Waals surface area contributed by atoms with Gasteiger partial charge in [-0.2, -0.15) is 0 Å². The van der Waals surface area contributed by atoms with Crippen LogP contribution in [0, 0.1) is 0 Å². The van der Waals surface area contributed by atoms with E-state index in [4.69, 9.17) is 32.1 Å². The molecule has 0 aromatic heterocycles. The Morgan fingerprint density at radius 1 is 0.667 bits per heavy atom. The van der Waals surface area contributed by atoms with Gasteiger partial charge in [-0.05, 0) is 0 Å². The van der Waals surface area contributed by atoms with E-state index < -0.39 is 26.7 Å². The first-order valence-corrected chi connectivity index (χ1v) is 7.26. The van der Waals surface area contributed by atoms with Gasteiger partial charge in [0, 0.05) is 68.7 Å². The Kier molecular flexibility index (Phi) is 19.4. The van der Waals surface area contributed by atoms with Crippen molar-refractivity contribution in [1.29, 1.82) is 0 Å². The molecule has 8 nitrogen and oxygen atoms in total. The zero-order chi connectivity index (χ0) is 9.00. The number of hydrogen-bond acceptors (Lipinski definition) is 4. The Balaban J connectivity index is -0.0000000457. The van der Waals surface area contributed by atoms with Crippen LogP contribution in [0.15, 0.2) is 0 Å². The fourth-order valence-corrected chi connectivity index (χ4v) is 0. The molecule has 0 aromatic carbocycles. The summed E-state index contributed by atoms with van der Waals surface area (Å²) in [7, 11) is 0. The van der Waals surface area contributed by atoms with Crippen LogP contribution in [0.3, 0.4) is 0 Å². The molecule has 4 radical (unpaired) electrons. The quantitative estimate of drug-likeness (QED) is 0.319. The van der Waals surface area contributed by atoms with Gasteiger partial charge in [0.15, 0.2) is 0 Å². The Morgan fingerprint density at radius 2 is 0.667 bits per heavy atom. The fraction of sp³-hybridized carbons (Fsp3) is 0. The standard InChI is InChI=1S/Al.K.2H2O4Se/c;;2*1-5(2,3)4/h;;2*(H2,1,2,3,4). The zero-order valence-electron chi connectivity index (χ0n) is 5.82. The molecule has 0 aliphatic rings. The van der Waals surface area contributed by atoms with Gasteiger partial charge in [-0.3, -0.25) is 0 Å². The SMILES string of the molecule is O=[Se](=O)(O)O.O=[Se](=O)(O)O.[Al].[K]. The van der Waals surface area contributed by atoms with Gasteiger partial charge in [0.2, 0.25) is 0 Å². The minimum Gasteiger partial charge on any atom is 0 e. The minimum absolute atomic E-state index is 0. The third kappa shape index (κ3) is 307. The fourth-order valence-electron chi connectivity index (χ4n) is 0. The predicted molar refractivity (Wildman–Crippen MR) is 34.6 cm³/mol. The third-order valence-corrected chi connectivity index (χ3v) is 0. The summed E-state index contributed by atoms with van der Waals surface area (Å²) in [5, 5.41) is 0. The van der Waals surface area contributed by atoms with Gasteiger partial charge in [0.1, 0.15) is 0 Å². The van der Waals surface area contributed by atoms with E-state index in [0.29, 0.717) is 0 Å². The monoisotopic (exact) mass is 358 g/mol. The van der Waals surface area contributed by atoms with Crippen LogP contribution < -0.4 is 0 Å². The topological polar surface area (TPSA) is 149 Å². The second-order valence-electron chi connectivity index (χ2n) is 0.896. The van der Waals surface area contributed by atoms with Gasteiger partial charge in [0.05, 0.1) is 0 Å². The second-order valence-corrected chi connectivity index (χ2v) is 4.65. The summed E-state index contributed by atoms with van der Waals surface area (Å²) in [5.74, 6) is 0. The first-order valence-electron chi connectivity index (χ1n) is 1.40. The van der Waals surface area contributed by atoms with E-state index in [-0.39, 0.29) is 68.7 Å². The molecule has 12 heavy (non-hydrogen) atoms. The molecule has 0 unspecified atom stereocenters. The normalized spacial score (nSPS) is 9.67. The van der Waals surface area contributed by atoms with Crippen molar-refractivity contribution in [2.24, 2.45) is 0 Å². The maximum atomic E-state index is 8.82. The largest absolute Gasteiger partial charge is 0 e. The molecule has 0 rings (SSSR count). The second kappa shape index (κ2) is 9.79. The van der Waals surface area contributed by atoms with Crippen molar-refractivity contribution in [2.45, 2.75) is 0 Å². The Bertz CT molecular complexity index is 213. The molecule has 0 amide bonds. The Hall–Kier alpha value is 2.25. The molecular formula is H4AlKO8Se2. The molecule has 0 aliphatic carbocycles. The molecule has 4 N–H and O–H groups in total. The summed E-state index contributed by atoms with van der Waals surface area (Å²) in [5.41, 5.74) is 0. The number of rotatable bonds is 0. The van der Waals surface area contributed by atoms with Crippen molar-refractivity contribution in [3.63, 3.8) is 0 Å². The van der Waals surface area contributed by atoms with Crippen molar-refractivity contribution >= 4 is 95.5 Å². The van der Waals surface area contributed by atoms with Gasteiger partial charge >= 0.3 is 58.8 Å². The summed E-state index contributed by atoms with van der Waals surface area (Å²) in [6, 6.07) is 0. The molecule has 0 fully saturated rings. The molecular weight excluding hydrogens is 352 g/mol. The van der Waals surface area contributed by atoms with Crippen LogP contribution in [0.25, 0.3) is 0 Å². The van der Waals surface area contributed by atoms with Crippen LogP contribution in [0.1, 0.15) is 0 Å². The van der Waals surface area contributed by atoms with Gasteiger partial charge in [0.25, 0.3) is 0 Å². The van der Waals surface area contributed by atoms with Crippen LogP contribution in [0.5, 0.6) is 0 Å². The summed E-state index contributed by atoms with van der Waals surface area (Å²) >= 11 is -10.5. The van der Waals surface area contributed by atoms with Crippen molar-refractivity contribution in [3.05, 3.63) is 0 Å². The van der Waals surface area contributed by atoms with E-state index in [2.05, 4.69) is 0 Å². The molecule has 0 saturated heterocycles. The Labute approximate surface area is 125 Å². The van der Waals surface area contributed by atoms with Crippen molar-refractivity contribution in [3.8, 4) is 0 Å². The molecule has 68 valence electrons. The van der Waals surface area contributed by atoms with Gasteiger partial charge in [-0.15, -0.1) is 0 Å². The van der Waals surface area contributed by atoms with Crippen LogP contribution >= 0.6 is 0 Å².